The fraction of sp³-hybridized carbons (Fsp3) is 0.222. The lowest BCUT2D eigenvalue weighted by molar-refractivity contribution is 0.648. The summed E-state index contributed by atoms with van der Waals surface area (Å²) < 4.78 is 1.83. The number of benzene rings is 3. The van der Waals surface area contributed by atoms with Crippen LogP contribution in [0, 0.1) is 13.8 Å². The second-order valence-corrected chi connectivity index (χ2v) is 9.27. The lowest BCUT2D eigenvalue weighted by Crippen LogP contribution is -2.47. The van der Waals surface area contributed by atoms with Gasteiger partial charge in [-0.25, -0.2) is 4.98 Å². The van der Waals surface area contributed by atoms with Crippen molar-refractivity contribution in [3.63, 3.8) is 0 Å². The first-order chi connectivity index (χ1) is 16.6. The molecule has 0 bridgehead atoms. The van der Waals surface area contributed by atoms with Gasteiger partial charge in [0, 0.05) is 47.8 Å². The topological polar surface area (TPSA) is 49.6 Å². The predicted molar refractivity (Wildman–Crippen MR) is 139 cm³/mol. The van der Waals surface area contributed by atoms with Crippen molar-refractivity contribution < 1.29 is 0 Å². The molecule has 0 N–H and O–H groups in total. The van der Waals surface area contributed by atoms with Crippen LogP contribution in [-0.2, 0) is 0 Å². The van der Waals surface area contributed by atoms with Crippen molar-refractivity contribution in [2.75, 3.05) is 36.0 Å². The highest BCUT2D eigenvalue weighted by Crippen LogP contribution is 2.32. The largest absolute Gasteiger partial charge is 0.368 e. The zero-order valence-corrected chi connectivity index (χ0v) is 20.0. The number of para-hydroxylation sites is 1. The van der Waals surface area contributed by atoms with Crippen molar-refractivity contribution in [2.45, 2.75) is 13.8 Å². The van der Waals surface area contributed by atoms with E-state index >= 15 is 0 Å². The van der Waals surface area contributed by atoms with Crippen LogP contribution in [0.4, 0.5) is 11.5 Å². The molecule has 2 aromatic heterocycles. The third kappa shape index (κ3) is 3.46. The Labute approximate surface area is 203 Å². The Balaban J connectivity index is 1.41. The van der Waals surface area contributed by atoms with E-state index < -0.39 is 0 Å². The molecule has 6 nitrogen and oxygen atoms in total. The molecular weight excluding hydrogens is 444 g/mol. The highest BCUT2D eigenvalue weighted by Gasteiger charge is 2.23. The van der Waals surface area contributed by atoms with Crippen LogP contribution in [0.1, 0.15) is 11.1 Å². The summed E-state index contributed by atoms with van der Waals surface area (Å²) in [5, 5.41) is 10.7. The Hall–Kier alpha value is -3.64. The Bertz CT molecular complexity index is 1520. The quantitative estimate of drug-likeness (QED) is 0.348. The molecule has 170 valence electrons. The van der Waals surface area contributed by atoms with E-state index in [0.29, 0.717) is 5.02 Å². The van der Waals surface area contributed by atoms with Gasteiger partial charge in [0.2, 0.25) is 0 Å². The molecule has 1 aliphatic heterocycles. The summed E-state index contributed by atoms with van der Waals surface area (Å²) in [6.07, 6.45) is 0. The molecule has 0 unspecified atom stereocenters. The van der Waals surface area contributed by atoms with Crippen molar-refractivity contribution in [1.29, 1.82) is 0 Å². The van der Waals surface area contributed by atoms with Gasteiger partial charge in [0.05, 0.1) is 5.52 Å². The van der Waals surface area contributed by atoms with Gasteiger partial charge in [0.1, 0.15) is 11.5 Å². The molecule has 34 heavy (non-hydrogen) atoms. The molecule has 1 aliphatic rings. The normalized spacial score (nSPS) is 14.3. The number of halogens is 1. The Morgan fingerprint density at radius 2 is 1.59 bits per heavy atom. The molecule has 0 spiro atoms. The first-order valence-corrected chi connectivity index (χ1v) is 11.9. The van der Waals surface area contributed by atoms with Crippen LogP contribution in [0.5, 0.6) is 0 Å². The van der Waals surface area contributed by atoms with Gasteiger partial charge in [-0.2, -0.15) is 4.52 Å². The van der Waals surface area contributed by atoms with Crippen LogP contribution < -0.4 is 9.80 Å². The van der Waals surface area contributed by atoms with Crippen LogP contribution in [0.15, 0.2) is 66.7 Å². The highest BCUT2D eigenvalue weighted by atomic mass is 35.5. The molecule has 5 aromatic rings. The number of rotatable bonds is 3. The van der Waals surface area contributed by atoms with Crippen LogP contribution in [0.25, 0.3) is 27.8 Å². The smallest absolute Gasteiger partial charge is 0.186 e. The Morgan fingerprint density at radius 1 is 0.824 bits per heavy atom. The van der Waals surface area contributed by atoms with E-state index in [1.54, 1.807) is 0 Å². The summed E-state index contributed by atoms with van der Waals surface area (Å²) in [5.74, 6) is 0.981. The Kier molecular flexibility index (Phi) is 5.11. The maximum absolute atomic E-state index is 6.26. The maximum atomic E-state index is 6.26. The van der Waals surface area contributed by atoms with Gasteiger partial charge in [-0.3, -0.25) is 0 Å². The van der Waals surface area contributed by atoms with Crippen LogP contribution >= 0.6 is 11.6 Å². The number of anilines is 2. The average Bonchev–Trinajstić information content (AvgIpc) is 3.30. The second-order valence-electron chi connectivity index (χ2n) is 8.83. The zero-order valence-electron chi connectivity index (χ0n) is 19.2. The van der Waals surface area contributed by atoms with Gasteiger partial charge in [-0.05, 0) is 55.3 Å². The standard InChI is InChI=1S/C27H25ClN6/c1-18-7-5-12-23(19(18)2)32-13-15-33(16-14-32)26-22-10-3-4-11-24(22)34-27(29-26)25(30-31-34)20-8-6-9-21(28)17-20/h3-12,17H,13-16H2,1-2H3. The molecule has 3 heterocycles. The molecule has 7 heteroatoms. The first-order valence-electron chi connectivity index (χ1n) is 11.6. The van der Waals surface area contributed by atoms with Crippen molar-refractivity contribution in [2.24, 2.45) is 0 Å². The summed E-state index contributed by atoms with van der Waals surface area (Å²) in [5.41, 5.74) is 7.42. The van der Waals surface area contributed by atoms with Gasteiger partial charge < -0.3 is 9.80 Å². The lowest BCUT2D eigenvalue weighted by atomic mass is 10.1. The summed E-state index contributed by atoms with van der Waals surface area (Å²) in [6.45, 7) is 8.08. The molecule has 0 atom stereocenters. The van der Waals surface area contributed by atoms with Gasteiger partial charge in [-0.15, -0.1) is 5.10 Å². The van der Waals surface area contributed by atoms with Crippen LogP contribution in [-0.4, -0.2) is 46.0 Å². The minimum absolute atomic E-state index is 0.669. The molecule has 0 aliphatic carbocycles. The zero-order chi connectivity index (χ0) is 23.2. The minimum Gasteiger partial charge on any atom is -0.368 e. The Morgan fingerprint density at radius 3 is 2.41 bits per heavy atom. The average molecular weight is 469 g/mol. The number of hydrogen-bond donors (Lipinski definition) is 0. The molecule has 0 saturated carbocycles. The maximum Gasteiger partial charge on any atom is 0.186 e. The van der Waals surface area contributed by atoms with Gasteiger partial charge in [0.25, 0.3) is 0 Å². The summed E-state index contributed by atoms with van der Waals surface area (Å²) in [7, 11) is 0. The van der Waals surface area contributed by atoms with Crippen LogP contribution in [0.3, 0.4) is 0 Å². The third-order valence-corrected chi connectivity index (χ3v) is 7.06. The fourth-order valence-corrected chi connectivity index (χ4v) is 5.04. The van der Waals surface area contributed by atoms with Gasteiger partial charge >= 0.3 is 0 Å². The lowest BCUT2D eigenvalue weighted by Gasteiger charge is -2.38. The third-order valence-electron chi connectivity index (χ3n) is 6.83. The second kappa shape index (κ2) is 8.29. The summed E-state index contributed by atoms with van der Waals surface area (Å²) in [6, 6.07) is 22.5. The van der Waals surface area contributed by atoms with E-state index in [9.17, 15) is 0 Å². The predicted octanol–water partition coefficient (Wildman–Crippen LogP) is 5.54. The molecule has 1 saturated heterocycles. The number of nitrogens with zero attached hydrogens (tertiary/aromatic N) is 6. The number of aromatic nitrogens is 4. The van der Waals surface area contributed by atoms with E-state index in [1.165, 1.54) is 16.8 Å². The SMILES string of the molecule is Cc1cccc(N2CCN(c3nc4c(-c5cccc(Cl)c5)nnn4c4ccccc34)CC2)c1C. The van der Waals surface area contributed by atoms with E-state index in [-0.39, 0.29) is 0 Å². The van der Waals surface area contributed by atoms with E-state index in [4.69, 9.17) is 16.6 Å². The minimum atomic E-state index is 0.669. The molecule has 0 amide bonds. The molecule has 0 radical (unpaired) electrons. The number of aryl methyl sites for hydroxylation is 1. The monoisotopic (exact) mass is 468 g/mol. The van der Waals surface area contributed by atoms with E-state index in [0.717, 1.165) is 59.8 Å². The van der Waals surface area contributed by atoms with E-state index in [1.807, 2.05) is 34.8 Å². The molecule has 3 aromatic carbocycles. The first kappa shape index (κ1) is 20.9. The fourth-order valence-electron chi connectivity index (χ4n) is 4.85. The van der Waals surface area contributed by atoms with Gasteiger partial charge in [-0.1, -0.05) is 53.2 Å². The molecule has 6 rings (SSSR count). The molecular formula is C27H25ClN6. The summed E-state index contributed by atoms with van der Waals surface area (Å²) in [4.78, 5) is 10.00. The molecule has 1 fully saturated rings. The number of hydrogen-bond acceptors (Lipinski definition) is 5. The van der Waals surface area contributed by atoms with Crippen LogP contribution in [0.2, 0.25) is 5.02 Å². The van der Waals surface area contributed by atoms with Crippen molar-refractivity contribution in [1.82, 2.24) is 19.8 Å². The van der Waals surface area contributed by atoms with Crippen molar-refractivity contribution in [3.8, 4) is 11.3 Å². The number of fused-ring (bicyclic) bond motifs is 3. The van der Waals surface area contributed by atoms with Crippen molar-refractivity contribution >= 4 is 39.7 Å². The van der Waals surface area contributed by atoms with E-state index in [2.05, 4.69) is 70.4 Å². The highest BCUT2D eigenvalue weighted by molar-refractivity contribution is 6.30. The van der Waals surface area contributed by atoms with Gasteiger partial charge in [0.15, 0.2) is 5.65 Å². The number of piperazine rings is 1. The summed E-state index contributed by atoms with van der Waals surface area (Å²) >= 11 is 6.26. The van der Waals surface area contributed by atoms with Crippen molar-refractivity contribution in [3.05, 3.63) is 82.9 Å².